The van der Waals surface area contributed by atoms with Crippen LogP contribution in [0.1, 0.15) is 54.4 Å². The van der Waals surface area contributed by atoms with Crippen molar-refractivity contribution < 1.29 is 15.2 Å². The van der Waals surface area contributed by atoms with Gasteiger partial charge in [-0.25, -0.2) is 0 Å². The number of benzene rings is 1. The van der Waals surface area contributed by atoms with E-state index in [1.54, 1.807) is 12.1 Å². The van der Waals surface area contributed by atoms with E-state index >= 15 is 0 Å². The van der Waals surface area contributed by atoms with Crippen LogP contribution in [0.4, 0.5) is 0 Å². The molecule has 4 bridgehead atoms. The normalized spacial score (nSPS) is 36.8. The fraction of sp³-hybridized carbons (Fsp3) is 0.588. The second kappa shape index (κ2) is 4.55. The lowest BCUT2D eigenvalue weighted by Crippen LogP contribution is -2.49. The second-order valence-electron chi connectivity index (χ2n) is 7.34. The molecule has 0 aromatic heterocycles. The summed E-state index contributed by atoms with van der Waals surface area (Å²) in [7, 11) is 0. The Morgan fingerprint density at radius 3 is 2.05 bits per heavy atom. The molecular weight excluding hydrogens is 266 g/mol. The van der Waals surface area contributed by atoms with Crippen molar-refractivity contribution in [1.82, 2.24) is 5.23 Å². The highest BCUT2D eigenvalue weighted by Crippen LogP contribution is 2.61. The predicted molar refractivity (Wildman–Crippen MR) is 76.0 cm³/mol. The number of nitrogens with zero attached hydrogens (tertiary/aromatic N) is 1. The van der Waals surface area contributed by atoms with Crippen LogP contribution < -0.4 is 0 Å². The van der Waals surface area contributed by atoms with E-state index in [1.807, 2.05) is 12.1 Å². The molecule has 4 aliphatic rings. The summed E-state index contributed by atoms with van der Waals surface area (Å²) in [6.07, 6.45) is 7.50. The lowest BCUT2D eigenvalue weighted by Gasteiger charge is -2.57. The Balaban J connectivity index is 1.78. The average Bonchev–Trinajstić information content (AvgIpc) is 2.45. The van der Waals surface area contributed by atoms with Gasteiger partial charge >= 0.3 is 5.91 Å². The SMILES string of the molecule is O=C(c1ccccc1C12CC3CC(CC(C3)C1)C2)N(O)O. The summed E-state index contributed by atoms with van der Waals surface area (Å²) in [4.78, 5) is 12.1. The maximum atomic E-state index is 12.1. The molecule has 5 rings (SSSR count). The fourth-order valence-corrected chi connectivity index (χ4v) is 5.68. The van der Waals surface area contributed by atoms with Crippen LogP contribution in [-0.4, -0.2) is 21.5 Å². The zero-order valence-corrected chi connectivity index (χ0v) is 12.0. The molecule has 4 saturated carbocycles. The molecule has 21 heavy (non-hydrogen) atoms. The molecule has 0 spiro atoms. The number of amides is 1. The van der Waals surface area contributed by atoms with E-state index in [2.05, 4.69) is 0 Å². The van der Waals surface area contributed by atoms with E-state index in [9.17, 15) is 4.79 Å². The highest BCUT2D eigenvalue weighted by atomic mass is 16.8. The molecule has 0 atom stereocenters. The number of carbonyl (C=O) groups is 1. The maximum Gasteiger partial charge on any atom is 0.303 e. The largest absolute Gasteiger partial charge is 0.303 e. The molecule has 1 aromatic rings. The van der Waals surface area contributed by atoms with Gasteiger partial charge in [0.05, 0.1) is 0 Å². The van der Waals surface area contributed by atoms with Gasteiger partial charge in [-0.05, 0) is 73.3 Å². The van der Waals surface area contributed by atoms with Crippen molar-refractivity contribution in [3.8, 4) is 0 Å². The van der Waals surface area contributed by atoms with Crippen LogP contribution in [0.3, 0.4) is 0 Å². The molecule has 4 aliphatic carbocycles. The van der Waals surface area contributed by atoms with Crippen molar-refractivity contribution in [3.05, 3.63) is 35.4 Å². The summed E-state index contributed by atoms with van der Waals surface area (Å²) in [5.41, 5.74) is 1.56. The lowest BCUT2D eigenvalue weighted by atomic mass is 9.47. The highest BCUT2D eigenvalue weighted by molar-refractivity contribution is 5.94. The smallest absolute Gasteiger partial charge is 0.264 e. The Kier molecular flexibility index (Phi) is 2.88. The van der Waals surface area contributed by atoms with Gasteiger partial charge < -0.3 is 0 Å². The van der Waals surface area contributed by atoms with E-state index in [4.69, 9.17) is 10.4 Å². The van der Waals surface area contributed by atoms with Crippen LogP contribution in [0.5, 0.6) is 0 Å². The molecular formula is C17H21NO3. The average molecular weight is 287 g/mol. The molecule has 4 heteroatoms. The van der Waals surface area contributed by atoms with Gasteiger partial charge in [-0.15, -0.1) is 0 Å². The van der Waals surface area contributed by atoms with Crippen molar-refractivity contribution in [2.75, 3.05) is 0 Å². The van der Waals surface area contributed by atoms with E-state index in [1.165, 1.54) is 19.3 Å². The highest BCUT2D eigenvalue weighted by Gasteiger charge is 2.52. The first-order valence-electron chi connectivity index (χ1n) is 7.89. The molecule has 0 aliphatic heterocycles. The minimum Gasteiger partial charge on any atom is -0.264 e. The van der Waals surface area contributed by atoms with Gasteiger partial charge in [-0.1, -0.05) is 23.4 Å². The Hall–Kier alpha value is -1.39. The van der Waals surface area contributed by atoms with Crippen LogP contribution in [0.2, 0.25) is 0 Å². The zero-order chi connectivity index (χ0) is 14.6. The van der Waals surface area contributed by atoms with Gasteiger partial charge in [0.2, 0.25) is 0 Å². The monoisotopic (exact) mass is 287 g/mol. The Labute approximate surface area is 124 Å². The first-order valence-corrected chi connectivity index (χ1v) is 7.89. The third-order valence-corrected chi connectivity index (χ3v) is 5.95. The number of rotatable bonds is 2. The molecule has 0 saturated heterocycles. The van der Waals surface area contributed by atoms with Gasteiger partial charge in [0.1, 0.15) is 0 Å². The van der Waals surface area contributed by atoms with Gasteiger partial charge in [-0.3, -0.25) is 15.2 Å². The van der Waals surface area contributed by atoms with Crippen molar-refractivity contribution in [3.63, 3.8) is 0 Å². The quantitative estimate of drug-likeness (QED) is 0.647. The predicted octanol–water partition coefficient (Wildman–Crippen LogP) is 3.38. The van der Waals surface area contributed by atoms with E-state index in [-0.39, 0.29) is 10.6 Å². The summed E-state index contributed by atoms with van der Waals surface area (Å²) < 4.78 is 0. The van der Waals surface area contributed by atoms with Crippen LogP contribution in [-0.2, 0) is 5.41 Å². The van der Waals surface area contributed by atoms with Gasteiger partial charge in [0, 0.05) is 5.56 Å². The Bertz CT molecular complexity index is 546. The standard InChI is InChI=1S/C17H21NO3/c19-16(18(20)21)14-3-1-2-4-15(14)17-8-11-5-12(9-17)7-13(6-11)10-17/h1-4,11-13,20-21H,5-10H2. The summed E-state index contributed by atoms with van der Waals surface area (Å²) in [6.45, 7) is 0. The van der Waals surface area contributed by atoms with Gasteiger partial charge in [0.25, 0.3) is 0 Å². The summed E-state index contributed by atoms with van der Waals surface area (Å²) in [5.74, 6) is 1.65. The van der Waals surface area contributed by atoms with Crippen LogP contribution >= 0.6 is 0 Å². The molecule has 0 unspecified atom stereocenters. The van der Waals surface area contributed by atoms with Crippen molar-refractivity contribution in [2.45, 2.75) is 43.9 Å². The Morgan fingerprint density at radius 2 is 1.52 bits per heavy atom. The number of hydroxylamine groups is 2. The maximum absolute atomic E-state index is 12.1. The molecule has 1 aromatic carbocycles. The molecule has 0 radical (unpaired) electrons. The van der Waals surface area contributed by atoms with Crippen molar-refractivity contribution in [1.29, 1.82) is 0 Å². The minimum atomic E-state index is -0.721. The molecule has 112 valence electrons. The first kappa shape index (κ1) is 13.3. The zero-order valence-electron chi connectivity index (χ0n) is 12.0. The van der Waals surface area contributed by atoms with Crippen LogP contribution in [0.15, 0.2) is 24.3 Å². The summed E-state index contributed by atoms with van der Waals surface area (Å²) in [6, 6.07) is 7.49. The lowest BCUT2D eigenvalue weighted by molar-refractivity contribution is -0.260. The molecule has 4 nitrogen and oxygen atoms in total. The van der Waals surface area contributed by atoms with Crippen LogP contribution in [0, 0.1) is 17.8 Å². The topological polar surface area (TPSA) is 60.8 Å². The van der Waals surface area contributed by atoms with Crippen molar-refractivity contribution >= 4 is 5.91 Å². The summed E-state index contributed by atoms with van der Waals surface area (Å²) in [5, 5.41) is 18.0. The van der Waals surface area contributed by atoms with Crippen LogP contribution in [0.25, 0.3) is 0 Å². The third-order valence-electron chi connectivity index (χ3n) is 5.95. The van der Waals surface area contributed by atoms with Crippen molar-refractivity contribution in [2.24, 2.45) is 17.8 Å². The number of hydrogen-bond donors (Lipinski definition) is 2. The summed E-state index contributed by atoms with van der Waals surface area (Å²) >= 11 is 0. The number of hydrogen-bond acceptors (Lipinski definition) is 3. The Morgan fingerprint density at radius 1 is 1.00 bits per heavy atom. The van der Waals surface area contributed by atoms with E-state index < -0.39 is 5.91 Å². The number of carbonyl (C=O) groups excluding carboxylic acids is 1. The fourth-order valence-electron chi connectivity index (χ4n) is 5.68. The minimum absolute atomic E-state index is 0.0804. The molecule has 1 amide bonds. The van der Waals surface area contributed by atoms with E-state index in [0.717, 1.165) is 42.6 Å². The first-order chi connectivity index (χ1) is 10.1. The van der Waals surface area contributed by atoms with E-state index in [0.29, 0.717) is 5.56 Å². The molecule has 2 N–H and O–H groups in total. The molecule has 4 fully saturated rings. The molecule has 0 heterocycles. The van der Waals surface area contributed by atoms with Gasteiger partial charge in [-0.2, -0.15) is 0 Å². The third kappa shape index (κ3) is 2.00. The second-order valence-corrected chi connectivity index (χ2v) is 7.34. The van der Waals surface area contributed by atoms with Gasteiger partial charge in [0.15, 0.2) is 0 Å².